The number of nitrogens with zero attached hydrogens (tertiary/aromatic N) is 4. The normalized spacial score (nSPS) is 16.5. The van der Waals surface area contributed by atoms with Crippen molar-refractivity contribution >= 4 is 11.7 Å². The van der Waals surface area contributed by atoms with Crippen molar-refractivity contribution in [3.8, 4) is 5.69 Å². The molecule has 0 unspecified atom stereocenters. The van der Waals surface area contributed by atoms with Gasteiger partial charge < -0.3 is 0 Å². The van der Waals surface area contributed by atoms with Gasteiger partial charge in [0, 0.05) is 23.7 Å². The predicted molar refractivity (Wildman–Crippen MR) is 93.9 cm³/mol. The Kier molecular flexibility index (Phi) is 3.91. The summed E-state index contributed by atoms with van der Waals surface area (Å²) in [4.78, 5) is 18.2. The van der Waals surface area contributed by atoms with Crippen LogP contribution in [0.5, 0.6) is 0 Å². The molecule has 7 heteroatoms. The number of hydrogen-bond donors (Lipinski definition) is 2. The van der Waals surface area contributed by atoms with Crippen molar-refractivity contribution in [3.63, 3.8) is 0 Å². The Balaban J connectivity index is 1.75. The Hall–Kier alpha value is -3.19. The van der Waals surface area contributed by atoms with Crippen molar-refractivity contribution in [2.45, 2.75) is 19.3 Å². The highest BCUT2D eigenvalue weighted by atomic mass is 16.2. The van der Waals surface area contributed by atoms with Gasteiger partial charge in [0.1, 0.15) is 0 Å². The summed E-state index contributed by atoms with van der Waals surface area (Å²) < 4.78 is 1.73. The third-order valence-electron chi connectivity index (χ3n) is 4.36. The second-order valence-electron chi connectivity index (χ2n) is 5.90. The number of carbonyl (C=O) groups is 1. The van der Waals surface area contributed by atoms with Gasteiger partial charge in [0.2, 0.25) is 0 Å². The summed E-state index contributed by atoms with van der Waals surface area (Å²) in [5.41, 5.74) is 6.73. The largest absolute Gasteiger partial charge is 0.340 e. The van der Waals surface area contributed by atoms with Crippen LogP contribution in [0.4, 0.5) is 4.79 Å². The number of pyridine rings is 1. The van der Waals surface area contributed by atoms with Crippen LogP contribution in [0.3, 0.4) is 0 Å². The van der Waals surface area contributed by atoms with Gasteiger partial charge >= 0.3 is 6.03 Å². The zero-order valence-electron chi connectivity index (χ0n) is 13.6. The molecule has 0 aromatic carbocycles. The third kappa shape index (κ3) is 2.74. The average Bonchev–Trinajstić information content (AvgIpc) is 3.17. The summed E-state index contributed by atoms with van der Waals surface area (Å²) in [6.07, 6.45) is 16.2. The van der Waals surface area contributed by atoms with Gasteiger partial charge in [-0.05, 0) is 43.0 Å². The number of allylic oxidation sites excluding steroid dienone is 4. The highest BCUT2D eigenvalue weighted by Gasteiger charge is 2.29. The van der Waals surface area contributed by atoms with Gasteiger partial charge in [-0.3, -0.25) is 15.3 Å². The van der Waals surface area contributed by atoms with Crippen LogP contribution in [-0.2, 0) is 0 Å². The topological polar surface area (TPSA) is 89.1 Å². The molecule has 25 heavy (non-hydrogen) atoms. The molecule has 0 spiro atoms. The zero-order chi connectivity index (χ0) is 17.2. The minimum atomic E-state index is -0.362. The van der Waals surface area contributed by atoms with E-state index in [9.17, 15) is 4.79 Å². The average molecular weight is 334 g/mol. The van der Waals surface area contributed by atoms with Crippen molar-refractivity contribution in [2.24, 2.45) is 5.84 Å². The van der Waals surface area contributed by atoms with E-state index in [1.54, 1.807) is 28.2 Å². The second-order valence-corrected chi connectivity index (χ2v) is 5.90. The van der Waals surface area contributed by atoms with Crippen molar-refractivity contribution in [3.05, 3.63) is 72.0 Å². The number of amides is 2. The Morgan fingerprint density at radius 2 is 2.16 bits per heavy atom. The van der Waals surface area contributed by atoms with Crippen LogP contribution >= 0.6 is 0 Å². The van der Waals surface area contributed by atoms with E-state index in [-0.39, 0.29) is 6.03 Å². The van der Waals surface area contributed by atoms with Gasteiger partial charge in [0.15, 0.2) is 0 Å². The molecule has 0 saturated carbocycles. The first kappa shape index (κ1) is 15.3. The Morgan fingerprint density at radius 3 is 2.96 bits per heavy atom. The van der Waals surface area contributed by atoms with Crippen LogP contribution in [0.25, 0.3) is 11.4 Å². The lowest BCUT2D eigenvalue weighted by Gasteiger charge is -2.33. The van der Waals surface area contributed by atoms with Crippen LogP contribution < -0.4 is 11.3 Å². The number of hydrazine groups is 1. The van der Waals surface area contributed by atoms with E-state index >= 15 is 0 Å². The van der Waals surface area contributed by atoms with Crippen molar-refractivity contribution in [2.75, 3.05) is 0 Å². The second kappa shape index (κ2) is 6.37. The molecule has 7 nitrogen and oxygen atoms in total. The summed E-state index contributed by atoms with van der Waals surface area (Å²) in [7, 11) is 0. The molecule has 1 aliphatic carbocycles. The van der Waals surface area contributed by atoms with Gasteiger partial charge in [-0.25, -0.2) is 15.3 Å². The maximum absolute atomic E-state index is 12.4. The summed E-state index contributed by atoms with van der Waals surface area (Å²) in [5.74, 6) is 5.42. The number of hydrogen-bond acceptors (Lipinski definition) is 4. The number of fused-ring (bicyclic) bond motifs is 1. The van der Waals surface area contributed by atoms with Crippen molar-refractivity contribution < 1.29 is 4.79 Å². The van der Waals surface area contributed by atoms with Crippen LogP contribution in [0.15, 0.2) is 66.4 Å². The van der Waals surface area contributed by atoms with Crippen molar-refractivity contribution in [1.29, 1.82) is 0 Å². The zero-order valence-corrected chi connectivity index (χ0v) is 13.6. The quantitative estimate of drug-likeness (QED) is 0.502. The molecule has 2 aromatic heterocycles. The molecular formula is C18H18N6O. The van der Waals surface area contributed by atoms with Gasteiger partial charge in [0.05, 0.1) is 23.8 Å². The minimum Gasteiger partial charge on any atom is -0.275 e. The smallest absolute Gasteiger partial charge is 0.275 e. The number of carbonyl (C=O) groups excluding carboxylic acids is 1. The molecule has 0 bridgehead atoms. The number of rotatable bonds is 2. The van der Waals surface area contributed by atoms with E-state index in [1.165, 1.54) is 0 Å². The number of nitrogens with one attached hydrogen (secondary N) is 1. The lowest BCUT2D eigenvalue weighted by molar-refractivity contribution is 0.226. The molecule has 1 aliphatic heterocycles. The first-order valence-electron chi connectivity index (χ1n) is 8.15. The first-order chi connectivity index (χ1) is 12.3. The summed E-state index contributed by atoms with van der Waals surface area (Å²) in [6.45, 7) is 0. The van der Waals surface area contributed by atoms with Crippen molar-refractivity contribution in [1.82, 2.24) is 25.1 Å². The van der Waals surface area contributed by atoms with Crippen LogP contribution in [0, 0.1) is 0 Å². The Bertz CT molecular complexity index is 893. The van der Waals surface area contributed by atoms with Crippen LogP contribution in [-0.4, -0.2) is 25.7 Å². The monoisotopic (exact) mass is 334 g/mol. The Labute approximate surface area is 145 Å². The fourth-order valence-electron chi connectivity index (χ4n) is 3.17. The van der Waals surface area contributed by atoms with E-state index < -0.39 is 0 Å². The maximum Gasteiger partial charge on any atom is 0.340 e. The molecule has 0 saturated heterocycles. The molecule has 2 aliphatic rings. The molecule has 0 radical (unpaired) electrons. The highest BCUT2D eigenvalue weighted by Crippen LogP contribution is 2.36. The van der Waals surface area contributed by atoms with E-state index in [0.29, 0.717) is 0 Å². The van der Waals surface area contributed by atoms with Gasteiger partial charge in [0.25, 0.3) is 0 Å². The fraction of sp³-hybridized carbons (Fsp3) is 0.167. The first-order valence-corrected chi connectivity index (χ1v) is 8.15. The SMILES string of the molecule is NNC(=O)N1C2=CCCCC2=CC=C1c1cnn(-c2cccnc2)c1. The molecule has 2 aromatic rings. The van der Waals surface area contributed by atoms with E-state index in [2.05, 4.69) is 27.7 Å². The molecule has 126 valence electrons. The van der Waals surface area contributed by atoms with Gasteiger partial charge in [-0.2, -0.15) is 5.10 Å². The molecule has 2 amide bonds. The summed E-state index contributed by atoms with van der Waals surface area (Å²) >= 11 is 0. The minimum absolute atomic E-state index is 0.362. The molecule has 0 atom stereocenters. The number of urea groups is 1. The molecule has 3 N–H and O–H groups in total. The highest BCUT2D eigenvalue weighted by molar-refractivity contribution is 5.90. The van der Waals surface area contributed by atoms with Crippen LogP contribution in [0.2, 0.25) is 0 Å². The number of aromatic nitrogens is 3. The van der Waals surface area contributed by atoms with E-state index in [1.807, 2.05) is 24.4 Å². The molecule has 3 heterocycles. The lowest BCUT2D eigenvalue weighted by Crippen LogP contribution is -2.43. The van der Waals surface area contributed by atoms with Gasteiger partial charge in [-0.1, -0.05) is 12.2 Å². The van der Waals surface area contributed by atoms with E-state index in [4.69, 9.17) is 5.84 Å². The van der Waals surface area contributed by atoms with Gasteiger partial charge in [-0.15, -0.1) is 0 Å². The predicted octanol–water partition coefficient (Wildman–Crippen LogP) is 2.50. The molecule has 0 fully saturated rings. The standard InChI is InChI=1S/C18H18N6O/c19-22-18(25)24-16-6-2-1-4-13(16)7-8-17(24)14-10-21-23(12-14)15-5-3-9-20-11-15/h3,5-12H,1-2,4,19H2,(H,22,25). The fourth-order valence-corrected chi connectivity index (χ4v) is 3.17. The third-order valence-corrected chi connectivity index (χ3v) is 4.36. The van der Waals surface area contributed by atoms with Crippen LogP contribution in [0.1, 0.15) is 24.8 Å². The summed E-state index contributed by atoms with van der Waals surface area (Å²) in [5, 5.41) is 4.39. The van der Waals surface area contributed by atoms with E-state index in [0.717, 1.165) is 47.5 Å². The Morgan fingerprint density at radius 1 is 1.24 bits per heavy atom. The summed E-state index contributed by atoms with van der Waals surface area (Å²) in [6, 6.07) is 3.41. The number of nitrogens with two attached hydrogens (primary N) is 1. The maximum atomic E-state index is 12.4. The molecular weight excluding hydrogens is 316 g/mol. The lowest BCUT2D eigenvalue weighted by atomic mass is 9.93. The molecule has 4 rings (SSSR count).